The lowest BCUT2D eigenvalue weighted by molar-refractivity contribution is -0.137. The fraction of sp³-hybridized carbons (Fsp3) is 0.548. The Bertz CT molecular complexity index is 1760. The van der Waals surface area contributed by atoms with E-state index in [0.717, 1.165) is 12.8 Å². The maximum Gasteiger partial charge on any atom is 0.420 e. The molecule has 0 aromatic carbocycles. The molecule has 2 aliphatic heterocycles. The molecule has 0 spiro atoms. The molecule has 252 valence electrons. The van der Waals surface area contributed by atoms with E-state index in [1.54, 1.807) is 46.8 Å². The van der Waals surface area contributed by atoms with Crippen LogP contribution in [0.4, 0.5) is 23.9 Å². The molecule has 1 unspecified atom stereocenters. The Labute approximate surface area is 268 Å². The summed E-state index contributed by atoms with van der Waals surface area (Å²) in [6, 6.07) is 2.78. The van der Waals surface area contributed by atoms with Crippen LogP contribution < -0.4 is 5.32 Å². The molecule has 4 aromatic heterocycles. The summed E-state index contributed by atoms with van der Waals surface area (Å²) in [6.07, 6.45) is -3.60. The number of nitrogens with one attached hydrogen (secondary N) is 1. The topological polar surface area (TPSA) is 154 Å². The van der Waals surface area contributed by atoms with E-state index in [1.807, 2.05) is 0 Å². The second-order valence-corrected chi connectivity index (χ2v) is 13.0. The number of rotatable bonds is 5. The van der Waals surface area contributed by atoms with Gasteiger partial charge in [0, 0.05) is 30.8 Å². The van der Waals surface area contributed by atoms with Crippen LogP contribution in [0.5, 0.6) is 0 Å². The highest BCUT2D eigenvalue weighted by atomic mass is 19.4. The van der Waals surface area contributed by atoms with Gasteiger partial charge in [-0.15, -0.1) is 0 Å². The van der Waals surface area contributed by atoms with E-state index in [2.05, 4.69) is 25.5 Å². The zero-order chi connectivity index (χ0) is 33.7. The van der Waals surface area contributed by atoms with Crippen LogP contribution in [0.2, 0.25) is 0 Å². The number of pyridine rings is 1. The van der Waals surface area contributed by atoms with E-state index in [4.69, 9.17) is 19.0 Å². The molecular weight excluding hydrogens is 621 g/mol. The molecule has 0 saturated carbocycles. The average Bonchev–Trinajstić information content (AvgIpc) is 3.54. The summed E-state index contributed by atoms with van der Waals surface area (Å²) in [5.74, 6) is 0.437. The van der Waals surface area contributed by atoms with Gasteiger partial charge >= 0.3 is 12.3 Å². The van der Waals surface area contributed by atoms with Crippen molar-refractivity contribution in [2.75, 3.05) is 25.0 Å². The molecule has 2 fully saturated rings. The molecule has 2 saturated heterocycles. The number of aromatic nitrogens is 6. The van der Waals surface area contributed by atoms with Crippen molar-refractivity contribution in [2.24, 2.45) is 0 Å². The van der Waals surface area contributed by atoms with Crippen LogP contribution in [0.1, 0.15) is 69.7 Å². The lowest BCUT2D eigenvalue weighted by Crippen LogP contribution is -2.52. The minimum atomic E-state index is -4.80. The number of likely N-dealkylation sites (tertiary alicyclic amines) is 1. The Balaban J connectivity index is 1.41. The standard InChI is InChI=1S/C31H37F3N8O5/c1-16-24(17(2)47-40-16)22-10-9-20-25(39-42(27(20)37-22)23-8-6-7-11-45-23)26-21(31(32,33)34)13-35-28(38-26)36-18-12-19(43)15-41(14-18)29(44)46-30(3,4)5/h9-10,13,18-19,23,43H,6-8,11-12,14-15H2,1-5H3,(H,35,36,38)/t18-,19+,23?/m0/s1. The molecule has 4 aromatic rings. The largest absolute Gasteiger partial charge is 0.444 e. The molecule has 1 amide bonds. The molecule has 47 heavy (non-hydrogen) atoms. The second-order valence-electron chi connectivity index (χ2n) is 13.0. The molecule has 6 heterocycles. The SMILES string of the molecule is Cc1noc(C)c1-c1ccc2c(-c3nc(N[C@H]4C[C@@H](O)CN(C(=O)OC(C)(C)C)C4)ncc3C(F)(F)F)nn(C3CCCCO3)c2n1. The number of amides is 1. The van der Waals surface area contributed by atoms with Crippen molar-refractivity contribution in [1.29, 1.82) is 0 Å². The Morgan fingerprint density at radius 2 is 1.89 bits per heavy atom. The zero-order valence-corrected chi connectivity index (χ0v) is 26.8. The van der Waals surface area contributed by atoms with Gasteiger partial charge in [0.2, 0.25) is 5.95 Å². The maximum atomic E-state index is 14.5. The fourth-order valence-corrected chi connectivity index (χ4v) is 5.97. The molecule has 0 radical (unpaired) electrons. The summed E-state index contributed by atoms with van der Waals surface area (Å²) >= 11 is 0. The summed E-state index contributed by atoms with van der Waals surface area (Å²) in [7, 11) is 0. The normalized spacial score (nSPS) is 20.9. The van der Waals surface area contributed by atoms with E-state index >= 15 is 0 Å². The van der Waals surface area contributed by atoms with Gasteiger partial charge in [-0.3, -0.25) is 0 Å². The third-order valence-electron chi connectivity index (χ3n) is 8.00. The fourth-order valence-electron chi connectivity index (χ4n) is 5.97. The number of aliphatic hydroxyl groups is 1. The zero-order valence-electron chi connectivity index (χ0n) is 26.8. The Kier molecular flexibility index (Phi) is 8.59. The van der Waals surface area contributed by atoms with Gasteiger partial charge in [0.1, 0.15) is 28.3 Å². The first kappa shape index (κ1) is 32.6. The smallest absolute Gasteiger partial charge is 0.420 e. The molecule has 13 nitrogen and oxygen atoms in total. The Morgan fingerprint density at radius 3 is 2.55 bits per heavy atom. The van der Waals surface area contributed by atoms with E-state index in [-0.39, 0.29) is 31.2 Å². The molecule has 0 bridgehead atoms. The van der Waals surface area contributed by atoms with Crippen LogP contribution in [-0.4, -0.2) is 83.4 Å². The number of nitrogens with zero attached hydrogens (tertiary/aromatic N) is 7. The number of alkyl halides is 3. The van der Waals surface area contributed by atoms with Crippen molar-refractivity contribution in [3.63, 3.8) is 0 Å². The highest BCUT2D eigenvalue weighted by Crippen LogP contribution is 2.40. The first-order valence-electron chi connectivity index (χ1n) is 15.5. The molecule has 0 aliphatic carbocycles. The van der Waals surface area contributed by atoms with Crippen LogP contribution in [0.3, 0.4) is 0 Å². The molecule has 6 rings (SSSR count). The third-order valence-corrected chi connectivity index (χ3v) is 8.00. The number of carbonyl (C=O) groups is 1. The lowest BCUT2D eigenvalue weighted by atomic mass is 10.0. The average molecular weight is 659 g/mol. The van der Waals surface area contributed by atoms with Crippen molar-refractivity contribution in [3.8, 4) is 22.6 Å². The van der Waals surface area contributed by atoms with Gasteiger partial charge < -0.3 is 29.3 Å². The predicted octanol–water partition coefficient (Wildman–Crippen LogP) is 5.66. The van der Waals surface area contributed by atoms with Crippen molar-refractivity contribution in [2.45, 2.75) is 90.5 Å². The van der Waals surface area contributed by atoms with Gasteiger partial charge in [-0.1, -0.05) is 5.16 Å². The van der Waals surface area contributed by atoms with Crippen LogP contribution in [0.25, 0.3) is 33.7 Å². The number of hydrogen-bond donors (Lipinski definition) is 2. The Morgan fingerprint density at radius 1 is 1.11 bits per heavy atom. The van der Waals surface area contributed by atoms with Gasteiger partial charge in [-0.05, 0) is 72.4 Å². The summed E-state index contributed by atoms with van der Waals surface area (Å²) in [5.41, 5.74) is -0.133. The monoisotopic (exact) mass is 658 g/mol. The van der Waals surface area contributed by atoms with Gasteiger partial charge in [-0.25, -0.2) is 24.4 Å². The van der Waals surface area contributed by atoms with Crippen LogP contribution in [-0.2, 0) is 15.7 Å². The number of halogens is 3. The number of ether oxygens (including phenoxy) is 2. The minimum Gasteiger partial charge on any atom is -0.444 e. The second kappa shape index (κ2) is 12.4. The predicted molar refractivity (Wildman–Crippen MR) is 163 cm³/mol. The first-order valence-corrected chi connectivity index (χ1v) is 15.5. The van der Waals surface area contributed by atoms with Crippen LogP contribution in [0.15, 0.2) is 22.9 Å². The molecule has 3 atom stereocenters. The first-order chi connectivity index (χ1) is 22.2. The van der Waals surface area contributed by atoms with E-state index in [9.17, 15) is 23.1 Å². The van der Waals surface area contributed by atoms with Gasteiger partial charge in [0.15, 0.2) is 11.9 Å². The third kappa shape index (κ3) is 6.88. The number of aryl methyl sites for hydroxylation is 2. The van der Waals surface area contributed by atoms with Gasteiger partial charge in [0.05, 0.1) is 29.6 Å². The van der Waals surface area contributed by atoms with Crippen molar-refractivity contribution in [1.82, 2.24) is 34.8 Å². The summed E-state index contributed by atoms with van der Waals surface area (Å²) < 4.78 is 61.7. The van der Waals surface area contributed by atoms with Crippen LogP contribution in [0, 0.1) is 13.8 Å². The Hall–Kier alpha value is -4.31. The number of anilines is 1. The molecule has 2 aliphatic rings. The quantitative estimate of drug-likeness (QED) is 0.273. The maximum absolute atomic E-state index is 14.5. The van der Waals surface area contributed by atoms with E-state index in [0.29, 0.717) is 53.0 Å². The number of aliphatic hydroxyl groups excluding tert-OH is 1. The molecule has 2 N–H and O–H groups in total. The van der Waals surface area contributed by atoms with Crippen molar-refractivity contribution < 1.29 is 37.1 Å². The molecular formula is C31H37F3N8O5. The summed E-state index contributed by atoms with van der Waals surface area (Å²) in [5, 5.41) is 22.5. The van der Waals surface area contributed by atoms with E-state index < -0.39 is 47.5 Å². The number of β-amino-alcohol motifs (C(OH)–C–C–N with tert-alkyl or cyclic N) is 1. The lowest BCUT2D eigenvalue weighted by Gasteiger charge is -2.36. The minimum absolute atomic E-state index is 0.0381. The molecule has 16 heteroatoms. The summed E-state index contributed by atoms with van der Waals surface area (Å²) in [4.78, 5) is 27.2. The highest BCUT2D eigenvalue weighted by molar-refractivity contribution is 5.92. The van der Waals surface area contributed by atoms with E-state index in [1.165, 1.54) is 9.58 Å². The van der Waals surface area contributed by atoms with Gasteiger partial charge in [0.25, 0.3) is 0 Å². The summed E-state index contributed by atoms with van der Waals surface area (Å²) in [6.45, 7) is 9.41. The number of fused-ring (bicyclic) bond motifs is 1. The number of hydrogen-bond acceptors (Lipinski definition) is 11. The van der Waals surface area contributed by atoms with Crippen LogP contribution >= 0.6 is 0 Å². The number of piperidine rings is 1. The van der Waals surface area contributed by atoms with Crippen molar-refractivity contribution >= 4 is 23.1 Å². The highest BCUT2D eigenvalue weighted by Gasteiger charge is 2.38. The number of carbonyl (C=O) groups excluding carboxylic acids is 1. The van der Waals surface area contributed by atoms with Crippen molar-refractivity contribution in [3.05, 3.63) is 35.3 Å². The van der Waals surface area contributed by atoms with Gasteiger partial charge in [-0.2, -0.15) is 18.3 Å².